The van der Waals surface area contributed by atoms with Crippen molar-refractivity contribution in [3.05, 3.63) is 66.5 Å². The average Bonchev–Trinajstić information content (AvgIpc) is 2.82. The molecule has 6 heteroatoms. The fraction of sp³-hybridized carbons (Fsp3) is 0.320. The van der Waals surface area contributed by atoms with Crippen LogP contribution < -0.4 is 10.1 Å². The number of fused-ring (bicyclic) bond motifs is 1. The van der Waals surface area contributed by atoms with E-state index in [9.17, 15) is 9.59 Å². The van der Waals surface area contributed by atoms with Crippen LogP contribution in [-0.4, -0.2) is 41.9 Å². The molecule has 0 unspecified atom stereocenters. The summed E-state index contributed by atoms with van der Waals surface area (Å²) in [5.74, 6) is 1.16. The van der Waals surface area contributed by atoms with Crippen LogP contribution in [0.4, 0.5) is 5.69 Å². The number of aromatic nitrogens is 1. The molecule has 0 radical (unpaired) electrons. The van der Waals surface area contributed by atoms with Crippen LogP contribution in [0.1, 0.15) is 36.2 Å². The summed E-state index contributed by atoms with van der Waals surface area (Å²) in [5.41, 5.74) is 1.24. The molecule has 0 spiro atoms. The second-order valence-corrected chi connectivity index (χ2v) is 7.97. The van der Waals surface area contributed by atoms with E-state index in [0.717, 1.165) is 41.5 Å². The third kappa shape index (κ3) is 5.20. The van der Waals surface area contributed by atoms with Gasteiger partial charge in [-0.15, -0.1) is 0 Å². The number of nitrogens with zero attached hydrogens (tertiary/aromatic N) is 2. The lowest BCUT2D eigenvalue weighted by Crippen LogP contribution is -2.39. The Morgan fingerprint density at radius 2 is 1.84 bits per heavy atom. The van der Waals surface area contributed by atoms with Crippen molar-refractivity contribution < 1.29 is 14.3 Å². The van der Waals surface area contributed by atoms with Gasteiger partial charge in [0.25, 0.3) is 5.91 Å². The molecular weight excluding hydrogens is 390 g/mol. The zero-order chi connectivity index (χ0) is 21.6. The van der Waals surface area contributed by atoms with Crippen LogP contribution in [0.15, 0.2) is 60.8 Å². The second-order valence-electron chi connectivity index (χ2n) is 7.97. The van der Waals surface area contributed by atoms with Gasteiger partial charge in [-0.05, 0) is 48.8 Å². The average molecular weight is 418 g/mol. The fourth-order valence-corrected chi connectivity index (χ4v) is 4.05. The molecule has 2 heterocycles. The molecule has 0 bridgehead atoms. The Balaban J connectivity index is 1.25. The third-order valence-electron chi connectivity index (χ3n) is 5.88. The maximum absolute atomic E-state index is 12.9. The van der Waals surface area contributed by atoms with Gasteiger partial charge in [0.1, 0.15) is 11.4 Å². The molecule has 0 saturated carbocycles. The number of methoxy groups -OCH3 is 1. The van der Waals surface area contributed by atoms with Crippen LogP contribution in [0.2, 0.25) is 0 Å². The molecule has 160 valence electrons. The highest BCUT2D eigenvalue weighted by Crippen LogP contribution is 2.24. The molecule has 1 N–H and O–H groups in total. The van der Waals surface area contributed by atoms with Crippen LogP contribution in [0.3, 0.4) is 0 Å². The summed E-state index contributed by atoms with van der Waals surface area (Å²) < 4.78 is 5.19. The summed E-state index contributed by atoms with van der Waals surface area (Å²) in [6.07, 6.45) is 4.88. The number of carbonyl (C=O) groups excluding carboxylic acids is 2. The van der Waals surface area contributed by atoms with Crippen molar-refractivity contribution in [3.8, 4) is 5.75 Å². The summed E-state index contributed by atoms with van der Waals surface area (Å²) >= 11 is 0. The molecule has 2 aromatic carbocycles. The number of piperidine rings is 1. The first-order valence-corrected chi connectivity index (χ1v) is 10.7. The number of benzene rings is 2. The molecule has 0 aliphatic carbocycles. The molecule has 2 amide bonds. The molecule has 6 nitrogen and oxygen atoms in total. The number of pyridine rings is 1. The first-order chi connectivity index (χ1) is 15.1. The second kappa shape index (κ2) is 9.60. The van der Waals surface area contributed by atoms with E-state index in [0.29, 0.717) is 31.1 Å². The fourth-order valence-electron chi connectivity index (χ4n) is 4.05. The van der Waals surface area contributed by atoms with E-state index in [2.05, 4.69) is 10.3 Å². The molecule has 31 heavy (non-hydrogen) atoms. The first kappa shape index (κ1) is 20.8. The minimum atomic E-state index is -0.0139. The van der Waals surface area contributed by atoms with Gasteiger partial charge in [0, 0.05) is 42.8 Å². The lowest BCUT2D eigenvalue weighted by Gasteiger charge is -2.31. The number of anilines is 1. The third-order valence-corrected chi connectivity index (χ3v) is 5.88. The summed E-state index contributed by atoms with van der Waals surface area (Å²) in [4.78, 5) is 31.4. The summed E-state index contributed by atoms with van der Waals surface area (Å²) in [7, 11) is 1.61. The van der Waals surface area contributed by atoms with Crippen LogP contribution in [0, 0.1) is 5.92 Å². The molecule has 1 aliphatic rings. The monoisotopic (exact) mass is 417 g/mol. The van der Waals surface area contributed by atoms with E-state index in [1.165, 1.54) is 0 Å². The highest BCUT2D eigenvalue weighted by atomic mass is 16.5. The quantitative estimate of drug-likeness (QED) is 0.640. The molecule has 1 fully saturated rings. The van der Waals surface area contributed by atoms with Gasteiger partial charge < -0.3 is 15.0 Å². The Kier molecular flexibility index (Phi) is 6.46. The first-order valence-electron chi connectivity index (χ1n) is 10.7. The van der Waals surface area contributed by atoms with Gasteiger partial charge in [-0.2, -0.15) is 0 Å². The highest BCUT2D eigenvalue weighted by molar-refractivity contribution is 5.96. The normalized spacial score (nSPS) is 14.4. The highest BCUT2D eigenvalue weighted by Gasteiger charge is 2.24. The van der Waals surface area contributed by atoms with Gasteiger partial charge in [-0.3, -0.25) is 14.6 Å². The lowest BCUT2D eigenvalue weighted by atomic mass is 9.92. The van der Waals surface area contributed by atoms with Crippen LogP contribution in [-0.2, 0) is 4.79 Å². The van der Waals surface area contributed by atoms with Crippen LogP contribution in [0.25, 0.3) is 10.8 Å². The van der Waals surface area contributed by atoms with E-state index < -0.39 is 0 Å². The minimum absolute atomic E-state index is 0.00660. The van der Waals surface area contributed by atoms with Crippen LogP contribution >= 0.6 is 0 Å². The van der Waals surface area contributed by atoms with E-state index >= 15 is 0 Å². The van der Waals surface area contributed by atoms with E-state index in [1.54, 1.807) is 13.3 Å². The Labute approximate surface area is 182 Å². The Hall–Kier alpha value is -3.41. The Bertz CT molecular complexity index is 1070. The predicted octanol–water partition coefficient (Wildman–Crippen LogP) is 4.51. The predicted molar refractivity (Wildman–Crippen MR) is 121 cm³/mol. The minimum Gasteiger partial charge on any atom is -0.497 e. The zero-order valence-electron chi connectivity index (χ0n) is 17.7. The lowest BCUT2D eigenvalue weighted by molar-refractivity contribution is -0.116. The Morgan fingerprint density at radius 1 is 1.06 bits per heavy atom. The van der Waals surface area contributed by atoms with Crippen molar-refractivity contribution in [2.75, 3.05) is 25.5 Å². The number of hydrogen-bond donors (Lipinski definition) is 1. The zero-order valence-corrected chi connectivity index (χ0v) is 17.7. The largest absolute Gasteiger partial charge is 0.497 e. The molecule has 1 aliphatic heterocycles. The van der Waals surface area contributed by atoms with Crippen molar-refractivity contribution in [3.63, 3.8) is 0 Å². The molecular formula is C25H27N3O3. The Morgan fingerprint density at radius 3 is 2.61 bits per heavy atom. The van der Waals surface area contributed by atoms with Crippen molar-refractivity contribution >= 4 is 28.3 Å². The van der Waals surface area contributed by atoms with Crippen molar-refractivity contribution in [2.24, 2.45) is 5.92 Å². The van der Waals surface area contributed by atoms with Gasteiger partial charge >= 0.3 is 0 Å². The summed E-state index contributed by atoms with van der Waals surface area (Å²) in [6.45, 7) is 1.41. The number of likely N-dealkylation sites (tertiary alicyclic amines) is 1. The van der Waals surface area contributed by atoms with E-state index in [1.807, 2.05) is 59.5 Å². The van der Waals surface area contributed by atoms with Gasteiger partial charge in [0.2, 0.25) is 5.91 Å². The number of hydrogen-bond acceptors (Lipinski definition) is 4. The number of amides is 2. The van der Waals surface area contributed by atoms with Gasteiger partial charge in [-0.1, -0.05) is 30.3 Å². The number of ether oxygens (including phenoxy) is 1. The van der Waals surface area contributed by atoms with Crippen molar-refractivity contribution in [1.29, 1.82) is 0 Å². The standard InChI is InChI=1S/C25H27N3O3/c1-31-22-8-4-7-21(16-22)27-24(29)10-9-18-11-13-28(14-12-18)25(30)23-15-19-5-2-3-6-20(19)17-26-23/h2-8,15-18H,9-14H2,1H3,(H,27,29). The molecule has 0 atom stereocenters. The van der Waals surface area contributed by atoms with Crippen molar-refractivity contribution in [1.82, 2.24) is 9.88 Å². The van der Waals surface area contributed by atoms with Gasteiger partial charge in [0.05, 0.1) is 7.11 Å². The summed E-state index contributed by atoms with van der Waals surface area (Å²) in [6, 6.07) is 17.1. The molecule has 3 aromatic rings. The number of rotatable bonds is 6. The SMILES string of the molecule is COc1cccc(NC(=O)CCC2CCN(C(=O)c3cc4ccccc4cn3)CC2)c1. The molecule has 4 rings (SSSR count). The maximum Gasteiger partial charge on any atom is 0.272 e. The van der Waals surface area contributed by atoms with E-state index in [4.69, 9.17) is 4.74 Å². The molecule has 1 aromatic heterocycles. The van der Waals surface area contributed by atoms with Gasteiger partial charge in [-0.25, -0.2) is 0 Å². The molecule has 1 saturated heterocycles. The number of carbonyl (C=O) groups is 2. The van der Waals surface area contributed by atoms with Crippen LogP contribution in [0.5, 0.6) is 5.75 Å². The summed E-state index contributed by atoms with van der Waals surface area (Å²) in [5, 5.41) is 4.99. The van der Waals surface area contributed by atoms with Gasteiger partial charge in [0.15, 0.2) is 0 Å². The van der Waals surface area contributed by atoms with Crippen molar-refractivity contribution in [2.45, 2.75) is 25.7 Å². The van der Waals surface area contributed by atoms with E-state index in [-0.39, 0.29) is 11.8 Å². The maximum atomic E-state index is 12.9. The topological polar surface area (TPSA) is 71.5 Å². The smallest absolute Gasteiger partial charge is 0.272 e. The number of nitrogens with one attached hydrogen (secondary N) is 1.